The van der Waals surface area contributed by atoms with Crippen LogP contribution in [-0.2, 0) is 5.88 Å². The number of halogens is 3. The monoisotopic (exact) mass is 235 g/mol. The predicted octanol–water partition coefficient (Wildman–Crippen LogP) is 2.76. The maximum Gasteiger partial charge on any atom is 0.336 e. The Kier molecular flexibility index (Phi) is 3.57. The Morgan fingerprint density at radius 3 is 2.67 bits per heavy atom. The maximum atomic E-state index is 12.3. The van der Waals surface area contributed by atoms with Crippen molar-refractivity contribution in [3.8, 4) is 0 Å². The van der Waals surface area contributed by atoms with Crippen molar-refractivity contribution in [1.82, 2.24) is 4.98 Å². The Hall–Kier alpha value is -1.23. The fourth-order valence-electron chi connectivity index (χ4n) is 1.19. The number of hydrogen-bond acceptors (Lipinski definition) is 2. The topological polar surface area (TPSA) is 50.2 Å². The standard InChI is InChI=1S/C9H8ClF2NO2/c1-4-6(3-10)5(9(14)15)2-7(13-4)8(11)12/h2,8H,3H2,1H3,(H,14,15). The average Bonchev–Trinajstić information content (AvgIpc) is 2.16. The third kappa shape index (κ3) is 2.41. The van der Waals surface area contributed by atoms with Gasteiger partial charge in [-0.3, -0.25) is 4.98 Å². The number of rotatable bonds is 3. The summed E-state index contributed by atoms with van der Waals surface area (Å²) in [6.45, 7) is 1.45. The van der Waals surface area contributed by atoms with E-state index in [9.17, 15) is 13.6 Å². The SMILES string of the molecule is Cc1nc(C(F)F)cc(C(=O)O)c1CCl. The van der Waals surface area contributed by atoms with Gasteiger partial charge in [0.15, 0.2) is 0 Å². The highest BCUT2D eigenvalue weighted by Crippen LogP contribution is 2.23. The zero-order valence-electron chi connectivity index (χ0n) is 7.80. The molecule has 82 valence electrons. The lowest BCUT2D eigenvalue weighted by Gasteiger charge is -2.08. The van der Waals surface area contributed by atoms with E-state index in [0.717, 1.165) is 6.07 Å². The number of pyridine rings is 1. The first kappa shape index (κ1) is 11.8. The van der Waals surface area contributed by atoms with Crippen molar-refractivity contribution in [2.75, 3.05) is 0 Å². The molecule has 0 saturated carbocycles. The van der Waals surface area contributed by atoms with Gasteiger partial charge in [-0.15, -0.1) is 11.6 Å². The van der Waals surface area contributed by atoms with Crippen LogP contribution in [0.25, 0.3) is 0 Å². The van der Waals surface area contributed by atoms with Crippen molar-refractivity contribution >= 4 is 17.6 Å². The van der Waals surface area contributed by atoms with Gasteiger partial charge in [0.2, 0.25) is 0 Å². The summed E-state index contributed by atoms with van der Waals surface area (Å²) in [5, 5.41) is 8.80. The number of alkyl halides is 3. The van der Waals surface area contributed by atoms with E-state index in [-0.39, 0.29) is 22.7 Å². The molecule has 0 saturated heterocycles. The van der Waals surface area contributed by atoms with E-state index in [1.807, 2.05) is 0 Å². The van der Waals surface area contributed by atoms with Crippen LogP contribution < -0.4 is 0 Å². The first-order chi connectivity index (χ1) is 6.97. The quantitative estimate of drug-likeness (QED) is 0.820. The fourth-order valence-corrected chi connectivity index (χ4v) is 1.53. The minimum Gasteiger partial charge on any atom is -0.478 e. The van der Waals surface area contributed by atoms with Crippen LogP contribution in [0.5, 0.6) is 0 Å². The van der Waals surface area contributed by atoms with E-state index in [1.54, 1.807) is 0 Å². The Bertz CT molecular complexity index is 396. The maximum absolute atomic E-state index is 12.3. The first-order valence-corrected chi connectivity index (χ1v) is 4.58. The van der Waals surface area contributed by atoms with E-state index >= 15 is 0 Å². The van der Waals surface area contributed by atoms with Crippen molar-refractivity contribution in [2.24, 2.45) is 0 Å². The predicted molar refractivity (Wildman–Crippen MR) is 50.4 cm³/mol. The molecule has 0 amide bonds. The Balaban J connectivity index is 3.38. The molecule has 0 aliphatic heterocycles. The van der Waals surface area contributed by atoms with Gasteiger partial charge in [0.05, 0.1) is 11.4 Å². The molecule has 1 N–H and O–H groups in total. The molecule has 0 radical (unpaired) electrons. The molecule has 0 aliphatic rings. The second-order valence-electron chi connectivity index (χ2n) is 2.90. The van der Waals surface area contributed by atoms with Crippen molar-refractivity contribution in [3.05, 3.63) is 28.6 Å². The molecule has 0 bridgehead atoms. The minimum absolute atomic E-state index is 0.0655. The van der Waals surface area contributed by atoms with Crippen LogP contribution in [0.2, 0.25) is 0 Å². The lowest BCUT2D eigenvalue weighted by atomic mass is 10.1. The molecule has 1 aromatic rings. The van der Waals surface area contributed by atoms with E-state index in [1.165, 1.54) is 6.92 Å². The molecule has 3 nitrogen and oxygen atoms in total. The molecule has 0 atom stereocenters. The molecule has 15 heavy (non-hydrogen) atoms. The lowest BCUT2D eigenvalue weighted by Crippen LogP contribution is -2.07. The fraction of sp³-hybridized carbons (Fsp3) is 0.333. The Labute approximate surface area is 89.7 Å². The summed E-state index contributed by atoms with van der Waals surface area (Å²) in [5.41, 5.74) is -0.264. The van der Waals surface area contributed by atoms with Crippen molar-refractivity contribution < 1.29 is 18.7 Å². The first-order valence-electron chi connectivity index (χ1n) is 4.05. The summed E-state index contributed by atoms with van der Waals surface area (Å²) in [4.78, 5) is 14.4. The van der Waals surface area contributed by atoms with Crippen molar-refractivity contribution in [1.29, 1.82) is 0 Å². The molecule has 0 spiro atoms. The highest BCUT2D eigenvalue weighted by Gasteiger charge is 2.18. The normalized spacial score (nSPS) is 10.7. The third-order valence-corrected chi connectivity index (χ3v) is 2.21. The summed E-state index contributed by atoms with van der Waals surface area (Å²) in [6, 6.07) is 0.859. The number of hydrogen-bond donors (Lipinski definition) is 1. The molecule has 0 unspecified atom stereocenters. The van der Waals surface area contributed by atoms with Gasteiger partial charge in [-0.25, -0.2) is 13.6 Å². The Morgan fingerprint density at radius 1 is 1.67 bits per heavy atom. The van der Waals surface area contributed by atoms with Gasteiger partial charge >= 0.3 is 5.97 Å². The number of carbonyl (C=O) groups is 1. The van der Waals surface area contributed by atoms with E-state index in [0.29, 0.717) is 0 Å². The third-order valence-electron chi connectivity index (χ3n) is 1.94. The van der Waals surface area contributed by atoms with E-state index in [2.05, 4.69) is 4.98 Å². The van der Waals surface area contributed by atoms with Crippen LogP contribution in [0.15, 0.2) is 6.07 Å². The molecule has 1 heterocycles. The molecule has 6 heteroatoms. The largest absolute Gasteiger partial charge is 0.478 e. The molecule has 0 aromatic carbocycles. The number of aromatic nitrogens is 1. The smallest absolute Gasteiger partial charge is 0.336 e. The number of nitrogens with zero attached hydrogens (tertiary/aromatic N) is 1. The summed E-state index contributed by atoms with van der Waals surface area (Å²) in [7, 11) is 0. The van der Waals surface area contributed by atoms with Gasteiger partial charge < -0.3 is 5.11 Å². The molecular weight excluding hydrogens is 228 g/mol. The van der Waals surface area contributed by atoms with Gasteiger partial charge in [0, 0.05) is 11.3 Å². The van der Waals surface area contributed by atoms with Crippen LogP contribution in [0.3, 0.4) is 0 Å². The number of aryl methyl sites for hydroxylation is 1. The number of carboxylic acids is 1. The van der Waals surface area contributed by atoms with E-state index in [4.69, 9.17) is 16.7 Å². The van der Waals surface area contributed by atoms with Crippen molar-refractivity contribution in [3.63, 3.8) is 0 Å². The van der Waals surface area contributed by atoms with Crippen LogP contribution >= 0.6 is 11.6 Å². The minimum atomic E-state index is -2.79. The van der Waals surface area contributed by atoms with Crippen LogP contribution in [0.4, 0.5) is 8.78 Å². The zero-order chi connectivity index (χ0) is 11.6. The molecule has 0 fully saturated rings. The van der Waals surface area contributed by atoms with Crippen LogP contribution in [-0.4, -0.2) is 16.1 Å². The molecule has 1 rings (SSSR count). The Morgan fingerprint density at radius 2 is 2.27 bits per heavy atom. The molecule has 1 aromatic heterocycles. The van der Waals surface area contributed by atoms with Gasteiger partial charge in [-0.1, -0.05) is 0 Å². The van der Waals surface area contributed by atoms with Gasteiger partial charge in [0.1, 0.15) is 5.69 Å². The molecular formula is C9H8ClF2NO2. The molecule has 0 aliphatic carbocycles. The second kappa shape index (κ2) is 4.53. The lowest BCUT2D eigenvalue weighted by molar-refractivity contribution is 0.0695. The number of aromatic carboxylic acids is 1. The van der Waals surface area contributed by atoms with Gasteiger partial charge in [-0.05, 0) is 13.0 Å². The second-order valence-corrected chi connectivity index (χ2v) is 3.17. The van der Waals surface area contributed by atoms with Crippen molar-refractivity contribution in [2.45, 2.75) is 19.2 Å². The van der Waals surface area contributed by atoms with Crippen LogP contribution in [0.1, 0.15) is 33.7 Å². The highest BCUT2D eigenvalue weighted by atomic mass is 35.5. The number of carboxylic acid groups (broad SMARTS) is 1. The van der Waals surface area contributed by atoms with Gasteiger partial charge in [-0.2, -0.15) is 0 Å². The summed E-state index contributed by atoms with van der Waals surface area (Å²) in [6.07, 6.45) is -2.79. The summed E-state index contributed by atoms with van der Waals surface area (Å²) >= 11 is 5.52. The van der Waals surface area contributed by atoms with E-state index < -0.39 is 18.1 Å². The highest BCUT2D eigenvalue weighted by molar-refractivity contribution is 6.17. The zero-order valence-corrected chi connectivity index (χ0v) is 8.55. The summed E-state index contributed by atoms with van der Waals surface area (Å²) < 4.78 is 24.7. The van der Waals surface area contributed by atoms with Crippen LogP contribution in [0, 0.1) is 6.92 Å². The van der Waals surface area contributed by atoms with Gasteiger partial charge in [0.25, 0.3) is 6.43 Å². The average molecular weight is 236 g/mol. The summed E-state index contributed by atoms with van der Waals surface area (Å²) in [5.74, 6) is -1.35.